The average molecular weight is 333 g/mol. The van der Waals surface area contributed by atoms with Crippen molar-refractivity contribution in [1.29, 1.82) is 0 Å². The Bertz CT molecular complexity index is 701. The number of anilines is 1. The number of aryl methyl sites for hydroxylation is 1. The summed E-state index contributed by atoms with van der Waals surface area (Å²) >= 11 is 0. The van der Waals surface area contributed by atoms with Gasteiger partial charge in [-0.15, -0.1) is 0 Å². The third-order valence-electron chi connectivity index (χ3n) is 3.51. The fraction of sp³-hybridized carbons (Fsp3) is 0.375. The summed E-state index contributed by atoms with van der Waals surface area (Å²) in [5.74, 6) is -2.02. The Hall–Kier alpha value is -2.90. The summed E-state index contributed by atoms with van der Waals surface area (Å²) in [6.07, 6.45) is 0.533. The van der Waals surface area contributed by atoms with Gasteiger partial charge in [0.1, 0.15) is 12.3 Å². The Labute approximate surface area is 139 Å². The van der Waals surface area contributed by atoms with Crippen LogP contribution in [0.2, 0.25) is 0 Å². The molecule has 0 saturated carbocycles. The van der Waals surface area contributed by atoms with Crippen molar-refractivity contribution in [3.8, 4) is 5.75 Å². The summed E-state index contributed by atoms with van der Waals surface area (Å²) in [6, 6.07) is 4.46. The molecule has 1 heterocycles. The van der Waals surface area contributed by atoms with Crippen LogP contribution in [0.25, 0.3) is 0 Å². The molecule has 0 spiro atoms. The van der Waals surface area contributed by atoms with Crippen molar-refractivity contribution in [3.05, 3.63) is 23.8 Å². The number of hydrogen-bond donors (Lipinski definition) is 1. The second-order valence-corrected chi connectivity index (χ2v) is 5.38. The van der Waals surface area contributed by atoms with Crippen molar-refractivity contribution in [2.24, 2.45) is 0 Å². The summed E-state index contributed by atoms with van der Waals surface area (Å²) in [7, 11) is 1.47. The molecule has 1 N–H and O–H groups in total. The standard InChI is InChI=1S/C16H19N3O5/c1-4-7-18-14(21)15(22)19(16(18)23)9-13(20)17-11-8-10(2)5-6-12(11)24-3/h5-6,8H,4,7,9H2,1-3H3,(H,17,20). The van der Waals surface area contributed by atoms with Crippen LogP contribution in [0.3, 0.4) is 0 Å². The van der Waals surface area contributed by atoms with E-state index in [1.807, 2.05) is 13.0 Å². The van der Waals surface area contributed by atoms with E-state index in [1.165, 1.54) is 7.11 Å². The highest BCUT2D eigenvalue weighted by Crippen LogP contribution is 2.25. The molecular weight excluding hydrogens is 314 g/mol. The number of amides is 5. The highest BCUT2D eigenvalue weighted by Gasteiger charge is 2.44. The predicted octanol–water partition coefficient (Wildman–Crippen LogP) is 1.14. The minimum absolute atomic E-state index is 0.146. The first-order valence-electron chi connectivity index (χ1n) is 7.50. The third-order valence-corrected chi connectivity index (χ3v) is 3.51. The third kappa shape index (κ3) is 3.37. The number of rotatable bonds is 6. The van der Waals surface area contributed by atoms with Crippen LogP contribution < -0.4 is 10.1 Å². The topological polar surface area (TPSA) is 96.0 Å². The molecule has 1 aromatic carbocycles. The van der Waals surface area contributed by atoms with Crippen LogP contribution in [-0.2, 0) is 14.4 Å². The maximum Gasteiger partial charge on any atom is 0.334 e. The van der Waals surface area contributed by atoms with Crippen molar-refractivity contribution >= 4 is 29.4 Å². The zero-order valence-corrected chi connectivity index (χ0v) is 13.8. The Balaban J connectivity index is 2.10. The minimum atomic E-state index is -0.986. The molecule has 2 rings (SSSR count). The van der Waals surface area contributed by atoms with Gasteiger partial charge in [0, 0.05) is 6.54 Å². The number of nitrogens with one attached hydrogen (secondary N) is 1. The van der Waals surface area contributed by atoms with Crippen molar-refractivity contribution in [2.75, 3.05) is 25.5 Å². The first-order valence-corrected chi connectivity index (χ1v) is 7.50. The molecule has 8 nitrogen and oxygen atoms in total. The SMILES string of the molecule is CCCN1C(=O)C(=O)N(CC(=O)Nc2cc(C)ccc2OC)C1=O. The van der Waals surface area contributed by atoms with Gasteiger partial charge in [0.25, 0.3) is 0 Å². The van der Waals surface area contributed by atoms with Gasteiger partial charge >= 0.3 is 17.8 Å². The van der Waals surface area contributed by atoms with Crippen molar-refractivity contribution in [1.82, 2.24) is 9.80 Å². The van der Waals surface area contributed by atoms with Gasteiger partial charge < -0.3 is 10.1 Å². The molecule has 0 unspecified atom stereocenters. The first-order chi connectivity index (χ1) is 11.4. The molecule has 1 fully saturated rings. The van der Waals surface area contributed by atoms with Crippen LogP contribution in [0.1, 0.15) is 18.9 Å². The van der Waals surface area contributed by atoms with Crippen molar-refractivity contribution in [2.45, 2.75) is 20.3 Å². The molecule has 0 aliphatic carbocycles. The van der Waals surface area contributed by atoms with E-state index in [0.717, 1.165) is 10.5 Å². The fourth-order valence-electron chi connectivity index (χ4n) is 2.36. The lowest BCUT2D eigenvalue weighted by atomic mass is 10.2. The molecule has 8 heteroatoms. The lowest BCUT2D eigenvalue weighted by Crippen LogP contribution is -2.39. The van der Waals surface area contributed by atoms with Crippen LogP contribution in [-0.4, -0.2) is 53.8 Å². The molecule has 5 amide bonds. The van der Waals surface area contributed by atoms with Gasteiger partial charge in [-0.1, -0.05) is 13.0 Å². The van der Waals surface area contributed by atoms with E-state index >= 15 is 0 Å². The summed E-state index contributed by atoms with van der Waals surface area (Å²) in [5, 5.41) is 2.59. The molecule has 0 aromatic heterocycles. The molecular formula is C16H19N3O5. The van der Waals surface area contributed by atoms with Gasteiger partial charge in [-0.2, -0.15) is 0 Å². The number of benzene rings is 1. The van der Waals surface area contributed by atoms with Gasteiger partial charge in [-0.3, -0.25) is 19.3 Å². The smallest absolute Gasteiger partial charge is 0.334 e. The van der Waals surface area contributed by atoms with Crippen molar-refractivity contribution in [3.63, 3.8) is 0 Å². The van der Waals surface area contributed by atoms with E-state index in [2.05, 4.69) is 5.32 Å². The molecule has 24 heavy (non-hydrogen) atoms. The van der Waals surface area contributed by atoms with E-state index in [1.54, 1.807) is 19.1 Å². The van der Waals surface area contributed by atoms with Crippen LogP contribution in [0.4, 0.5) is 10.5 Å². The van der Waals surface area contributed by atoms with Crippen LogP contribution in [0, 0.1) is 6.92 Å². The summed E-state index contributed by atoms with van der Waals surface area (Å²) in [6.45, 7) is 3.25. The monoisotopic (exact) mass is 333 g/mol. The van der Waals surface area contributed by atoms with Gasteiger partial charge in [0.05, 0.1) is 12.8 Å². The van der Waals surface area contributed by atoms with Gasteiger partial charge in [0.2, 0.25) is 5.91 Å². The highest BCUT2D eigenvalue weighted by atomic mass is 16.5. The number of imide groups is 2. The molecule has 0 bridgehead atoms. The molecule has 0 atom stereocenters. The zero-order valence-electron chi connectivity index (χ0n) is 13.8. The number of carbonyl (C=O) groups is 4. The van der Waals surface area contributed by atoms with E-state index in [4.69, 9.17) is 4.74 Å². The second kappa shape index (κ2) is 7.12. The van der Waals surface area contributed by atoms with E-state index < -0.39 is 30.3 Å². The minimum Gasteiger partial charge on any atom is -0.495 e. The lowest BCUT2D eigenvalue weighted by Gasteiger charge is -2.15. The number of methoxy groups -OCH3 is 1. The van der Waals surface area contributed by atoms with Crippen LogP contribution in [0.15, 0.2) is 18.2 Å². The molecule has 0 radical (unpaired) electrons. The molecule has 1 aromatic rings. The molecule has 128 valence electrons. The highest BCUT2D eigenvalue weighted by molar-refractivity contribution is 6.45. The Kier molecular flexibility index (Phi) is 5.18. The van der Waals surface area contributed by atoms with Crippen molar-refractivity contribution < 1.29 is 23.9 Å². The van der Waals surface area contributed by atoms with E-state index in [9.17, 15) is 19.2 Å². The number of nitrogens with zero attached hydrogens (tertiary/aromatic N) is 2. The van der Waals surface area contributed by atoms with E-state index in [-0.39, 0.29) is 6.54 Å². The maximum atomic E-state index is 12.2. The summed E-state index contributed by atoms with van der Waals surface area (Å²) < 4.78 is 5.15. The number of urea groups is 1. The predicted molar refractivity (Wildman–Crippen MR) is 85.5 cm³/mol. The van der Waals surface area contributed by atoms with Gasteiger partial charge in [-0.05, 0) is 31.0 Å². The first kappa shape index (κ1) is 17.5. The Morgan fingerprint density at radius 1 is 1.17 bits per heavy atom. The number of ether oxygens (including phenoxy) is 1. The van der Waals surface area contributed by atoms with Gasteiger partial charge in [-0.25, -0.2) is 9.69 Å². The number of hydrogen-bond acceptors (Lipinski definition) is 5. The van der Waals surface area contributed by atoms with E-state index in [0.29, 0.717) is 22.8 Å². The molecule has 1 aliphatic heterocycles. The quantitative estimate of drug-likeness (QED) is 0.622. The summed E-state index contributed by atoms with van der Waals surface area (Å²) in [5.41, 5.74) is 1.34. The zero-order chi connectivity index (χ0) is 17.9. The van der Waals surface area contributed by atoms with Gasteiger partial charge in [0.15, 0.2) is 0 Å². The Morgan fingerprint density at radius 3 is 2.46 bits per heavy atom. The molecule has 1 saturated heterocycles. The van der Waals surface area contributed by atoms with Crippen LogP contribution in [0.5, 0.6) is 5.75 Å². The fourth-order valence-corrected chi connectivity index (χ4v) is 2.36. The van der Waals surface area contributed by atoms with Crippen LogP contribution >= 0.6 is 0 Å². The average Bonchev–Trinajstić information content (AvgIpc) is 2.73. The normalized spacial score (nSPS) is 14.4. The largest absolute Gasteiger partial charge is 0.495 e. The number of carbonyl (C=O) groups excluding carboxylic acids is 4. The molecule has 1 aliphatic rings. The lowest BCUT2D eigenvalue weighted by molar-refractivity contribution is -0.143. The summed E-state index contributed by atoms with van der Waals surface area (Å²) in [4.78, 5) is 49.4. The second-order valence-electron chi connectivity index (χ2n) is 5.38. The Morgan fingerprint density at radius 2 is 1.83 bits per heavy atom. The maximum absolute atomic E-state index is 12.2.